The smallest absolute Gasteiger partial charge is 0.230 e. The van der Waals surface area contributed by atoms with Gasteiger partial charge in [0, 0.05) is 0 Å². The standard InChI is InChI=1S/C13H15BrN2O2/c1-3-11(14)13-16-15-12(18-13)8-9-5-4-6-10(7-9)17-2/h4-7,11H,3,8H2,1-2H3. The van der Waals surface area contributed by atoms with Gasteiger partial charge < -0.3 is 9.15 Å². The van der Waals surface area contributed by atoms with Crippen molar-refractivity contribution in [3.05, 3.63) is 41.6 Å². The monoisotopic (exact) mass is 310 g/mol. The highest BCUT2D eigenvalue weighted by atomic mass is 79.9. The fraction of sp³-hybridized carbons (Fsp3) is 0.385. The largest absolute Gasteiger partial charge is 0.497 e. The Balaban J connectivity index is 2.11. The number of rotatable bonds is 5. The first kappa shape index (κ1) is 13.1. The summed E-state index contributed by atoms with van der Waals surface area (Å²) in [6.45, 7) is 2.06. The van der Waals surface area contributed by atoms with Gasteiger partial charge in [0.25, 0.3) is 0 Å². The summed E-state index contributed by atoms with van der Waals surface area (Å²) >= 11 is 3.49. The van der Waals surface area contributed by atoms with Gasteiger partial charge in [-0.05, 0) is 24.1 Å². The Labute approximate surface area is 114 Å². The Morgan fingerprint density at radius 3 is 2.94 bits per heavy atom. The number of halogens is 1. The molecule has 2 aromatic rings. The number of hydrogen-bond donors (Lipinski definition) is 0. The normalized spacial score (nSPS) is 12.4. The summed E-state index contributed by atoms with van der Waals surface area (Å²) in [5.41, 5.74) is 1.09. The molecule has 4 nitrogen and oxygen atoms in total. The molecule has 2 rings (SSSR count). The van der Waals surface area contributed by atoms with Crippen molar-refractivity contribution in [2.75, 3.05) is 7.11 Å². The first-order chi connectivity index (χ1) is 8.72. The van der Waals surface area contributed by atoms with E-state index in [1.54, 1.807) is 7.11 Å². The molecule has 18 heavy (non-hydrogen) atoms. The minimum atomic E-state index is 0.129. The zero-order valence-corrected chi connectivity index (χ0v) is 12.0. The quantitative estimate of drug-likeness (QED) is 0.793. The molecule has 1 heterocycles. The Kier molecular flexibility index (Phi) is 4.36. The van der Waals surface area contributed by atoms with Crippen LogP contribution in [0.15, 0.2) is 28.7 Å². The van der Waals surface area contributed by atoms with E-state index in [1.165, 1.54) is 0 Å². The van der Waals surface area contributed by atoms with Crippen molar-refractivity contribution in [3.8, 4) is 5.75 Å². The lowest BCUT2D eigenvalue weighted by atomic mass is 10.1. The molecule has 0 fully saturated rings. The second kappa shape index (κ2) is 6.00. The van der Waals surface area contributed by atoms with Crippen LogP contribution in [0.2, 0.25) is 0 Å². The van der Waals surface area contributed by atoms with Crippen LogP contribution in [0.25, 0.3) is 0 Å². The SMILES string of the molecule is CCC(Br)c1nnc(Cc2cccc(OC)c2)o1. The Bertz CT molecular complexity index is 513. The lowest BCUT2D eigenvalue weighted by molar-refractivity contribution is 0.414. The van der Waals surface area contributed by atoms with E-state index in [4.69, 9.17) is 9.15 Å². The number of ether oxygens (including phenoxy) is 1. The molecule has 0 saturated carbocycles. The molecule has 1 aromatic heterocycles. The molecule has 0 bridgehead atoms. The van der Waals surface area contributed by atoms with Gasteiger partial charge in [-0.1, -0.05) is 35.0 Å². The van der Waals surface area contributed by atoms with E-state index in [2.05, 4.69) is 33.1 Å². The van der Waals surface area contributed by atoms with Crippen LogP contribution in [-0.2, 0) is 6.42 Å². The highest BCUT2D eigenvalue weighted by Gasteiger charge is 2.13. The second-order valence-electron chi connectivity index (χ2n) is 3.94. The third-order valence-corrected chi connectivity index (χ3v) is 3.64. The first-order valence-electron chi connectivity index (χ1n) is 5.82. The summed E-state index contributed by atoms with van der Waals surface area (Å²) < 4.78 is 10.8. The van der Waals surface area contributed by atoms with Gasteiger partial charge in [0.15, 0.2) is 0 Å². The maximum Gasteiger partial charge on any atom is 0.230 e. The van der Waals surface area contributed by atoms with E-state index >= 15 is 0 Å². The van der Waals surface area contributed by atoms with E-state index in [0.717, 1.165) is 17.7 Å². The zero-order chi connectivity index (χ0) is 13.0. The summed E-state index contributed by atoms with van der Waals surface area (Å²) in [5.74, 6) is 2.09. The molecule has 0 radical (unpaired) electrons. The van der Waals surface area contributed by atoms with Crippen molar-refractivity contribution >= 4 is 15.9 Å². The lowest BCUT2D eigenvalue weighted by Gasteiger charge is -2.02. The summed E-state index contributed by atoms with van der Waals surface area (Å²) in [4.78, 5) is 0.129. The van der Waals surface area contributed by atoms with Crippen molar-refractivity contribution < 1.29 is 9.15 Å². The van der Waals surface area contributed by atoms with Crippen molar-refractivity contribution in [2.45, 2.75) is 24.6 Å². The minimum Gasteiger partial charge on any atom is -0.497 e. The molecule has 0 spiro atoms. The third-order valence-electron chi connectivity index (χ3n) is 2.60. The van der Waals surface area contributed by atoms with Crippen molar-refractivity contribution in [1.29, 1.82) is 0 Å². The van der Waals surface area contributed by atoms with E-state index in [-0.39, 0.29) is 4.83 Å². The van der Waals surface area contributed by atoms with Gasteiger partial charge in [-0.15, -0.1) is 10.2 Å². The molecule has 1 aromatic carbocycles. The molecule has 0 amide bonds. The van der Waals surface area contributed by atoms with Crippen LogP contribution < -0.4 is 4.74 Å². The zero-order valence-electron chi connectivity index (χ0n) is 10.4. The number of nitrogens with zero attached hydrogens (tertiary/aromatic N) is 2. The topological polar surface area (TPSA) is 48.2 Å². The van der Waals surface area contributed by atoms with Gasteiger partial charge in [-0.25, -0.2) is 0 Å². The van der Waals surface area contributed by atoms with Crippen LogP contribution in [-0.4, -0.2) is 17.3 Å². The first-order valence-corrected chi connectivity index (χ1v) is 6.73. The van der Waals surface area contributed by atoms with Crippen LogP contribution in [0.1, 0.15) is 35.5 Å². The average molecular weight is 311 g/mol. The Morgan fingerprint density at radius 1 is 1.39 bits per heavy atom. The van der Waals surface area contributed by atoms with Crippen molar-refractivity contribution in [3.63, 3.8) is 0 Å². The number of methoxy groups -OCH3 is 1. The van der Waals surface area contributed by atoms with Gasteiger partial charge >= 0.3 is 0 Å². The van der Waals surface area contributed by atoms with Crippen molar-refractivity contribution in [1.82, 2.24) is 10.2 Å². The molecule has 5 heteroatoms. The molecule has 0 aliphatic rings. The predicted molar refractivity (Wildman–Crippen MR) is 72.1 cm³/mol. The van der Waals surface area contributed by atoms with Crippen LogP contribution in [0.5, 0.6) is 5.75 Å². The van der Waals surface area contributed by atoms with Crippen LogP contribution in [0, 0.1) is 0 Å². The number of aromatic nitrogens is 2. The van der Waals surface area contributed by atoms with Crippen molar-refractivity contribution in [2.24, 2.45) is 0 Å². The molecule has 0 aliphatic heterocycles. The number of benzene rings is 1. The number of alkyl halides is 1. The number of hydrogen-bond acceptors (Lipinski definition) is 4. The fourth-order valence-corrected chi connectivity index (χ4v) is 1.78. The van der Waals surface area contributed by atoms with Gasteiger partial charge in [0.2, 0.25) is 11.8 Å². The third kappa shape index (κ3) is 3.10. The summed E-state index contributed by atoms with van der Waals surface area (Å²) in [6, 6.07) is 7.84. The summed E-state index contributed by atoms with van der Waals surface area (Å²) in [7, 11) is 1.65. The van der Waals surface area contributed by atoms with Gasteiger partial charge in [0.05, 0.1) is 18.4 Å². The average Bonchev–Trinajstić information content (AvgIpc) is 2.86. The lowest BCUT2D eigenvalue weighted by Crippen LogP contribution is -1.90. The van der Waals surface area contributed by atoms with Gasteiger partial charge in [-0.2, -0.15) is 0 Å². The van der Waals surface area contributed by atoms with Crippen LogP contribution in [0.4, 0.5) is 0 Å². The predicted octanol–water partition coefficient (Wildman–Crippen LogP) is 3.52. The molecular weight excluding hydrogens is 296 g/mol. The molecule has 1 unspecified atom stereocenters. The van der Waals surface area contributed by atoms with E-state index in [0.29, 0.717) is 18.2 Å². The fourth-order valence-electron chi connectivity index (χ4n) is 1.60. The highest BCUT2D eigenvalue weighted by molar-refractivity contribution is 9.09. The molecule has 0 N–H and O–H groups in total. The highest BCUT2D eigenvalue weighted by Crippen LogP contribution is 2.25. The molecular formula is C13H15BrN2O2. The van der Waals surface area contributed by atoms with E-state index in [1.807, 2.05) is 24.3 Å². The molecule has 96 valence electrons. The van der Waals surface area contributed by atoms with Crippen LogP contribution in [0.3, 0.4) is 0 Å². The maximum atomic E-state index is 5.60. The molecule has 0 aliphatic carbocycles. The van der Waals surface area contributed by atoms with E-state index in [9.17, 15) is 0 Å². The van der Waals surface area contributed by atoms with Crippen LogP contribution >= 0.6 is 15.9 Å². The minimum absolute atomic E-state index is 0.129. The Hall–Kier alpha value is -1.36. The summed E-state index contributed by atoms with van der Waals surface area (Å²) in [5, 5.41) is 8.08. The van der Waals surface area contributed by atoms with Gasteiger partial charge in [-0.3, -0.25) is 0 Å². The Morgan fingerprint density at radius 2 is 2.22 bits per heavy atom. The molecule has 0 saturated heterocycles. The molecule has 1 atom stereocenters. The maximum absolute atomic E-state index is 5.60. The summed E-state index contributed by atoms with van der Waals surface area (Å²) in [6.07, 6.45) is 1.54. The van der Waals surface area contributed by atoms with Gasteiger partial charge in [0.1, 0.15) is 5.75 Å². The van der Waals surface area contributed by atoms with E-state index < -0.39 is 0 Å². The second-order valence-corrected chi connectivity index (χ2v) is 5.04.